The van der Waals surface area contributed by atoms with Crippen LogP contribution in [0.4, 0.5) is 0 Å². The number of hydrogen-bond donors (Lipinski definition) is 1. The molecule has 2 heterocycles. The average molecular weight is 304 g/mol. The van der Waals surface area contributed by atoms with E-state index in [9.17, 15) is 9.90 Å². The highest BCUT2D eigenvalue weighted by Gasteiger charge is 2.56. The number of amides is 1. The number of ether oxygens (including phenoxy) is 1. The summed E-state index contributed by atoms with van der Waals surface area (Å²) in [6, 6.07) is 1.88. The zero-order valence-corrected chi connectivity index (χ0v) is 13.3. The number of rotatable bonds is 3. The molecule has 1 N–H and O–H groups in total. The van der Waals surface area contributed by atoms with Crippen molar-refractivity contribution in [1.29, 1.82) is 0 Å². The largest absolute Gasteiger partial charge is 0.392 e. The molecule has 5 nitrogen and oxygen atoms in total. The molecule has 22 heavy (non-hydrogen) atoms. The maximum absolute atomic E-state index is 12.6. The summed E-state index contributed by atoms with van der Waals surface area (Å²) in [4.78, 5) is 18.5. The van der Waals surface area contributed by atoms with Gasteiger partial charge in [0, 0.05) is 43.9 Å². The lowest BCUT2D eigenvalue weighted by Gasteiger charge is -2.56. The molecule has 1 aromatic heterocycles. The van der Waals surface area contributed by atoms with Gasteiger partial charge in [0.1, 0.15) is 0 Å². The smallest absolute Gasteiger partial charge is 0.255 e. The second-order valence-electron chi connectivity index (χ2n) is 6.47. The van der Waals surface area contributed by atoms with E-state index in [2.05, 4.69) is 4.98 Å². The Morgan fingerprint density at radius 2 is 2.18 bits per heavy atom. The van der Waals surface area contributed by atoms with E-state index in [1.165, 1.54) is 0 Å². The Bertz CT molecular complexity index is 551. The summed E-state index contributed by atoms with van der Waals surface area (Å²) < 4.78 is 5.76. The maximum atomic E-state index is 12.6. The SMILES string of the molecule is CCOC1CC(O)C12CCN(C(=O)c1cncc(C)c1)CC2. The summed E-state index contributed by atoms with van der Waals surface area (Å²) in [7, 11) is 0. The number of pyridine rings is 1. The molecule has 1 saturated carbocycles. The number of likely N-dealkylation sites (tertiary alicyclic amines) is 1. The van der Waals surface area contributed by atoms with Gasteiger partial charge < -0.3 is 14.7 Å². The second kappa shape index (κ2) is 5.97. The van der Waals surface area contributed by atoms with Gasteiger partial charge in [-0.25, -0.2) is 0 Å². The molecule has 120 valence electrons. The Morgan fingerprint density at radius 3 is 2.77 bits per heavy atom. The van der Waals surface area contributed by atoms with E-state index in [1.54, 1.807) is 12.4 Å². The van der Waals surface area contributed by atoms with Crippen molar-refractivity contribution in [2.75, 3.05) is 19.7 Å². The monoisotopic (exact) mass is 304 g/mol. The molecular weight excluding hydrogens is 280 g/mol. The van der Waals surface area contributed by atoms with Crippen molar-refractivity contribution < 1.29 is 14.6 Å². The number of hydrogen-bond acceptors (Lipinski definition) is 4. The van der Waals surface area contributed by atoms with Crippen LogP contribution in [0.5, 0.6) is 0 Å². The van der Waals surface area contributed by atoms with Crippen molar-refractivity contribution in [3.05, 3.63) is 29.6 Å². The van der Waals surface area contributed by atoms with E-state index in [0.717, 1.165) is 24.8 Å². The molecule has 2 unspecified atom stereocenters. The molecule has 0 aromatic carbocycles. The molecule has 1 spiro atoms. The zero-order valence-electron chi connectivity index (χ0n) is 13.3. The number of carbonyl (C=O) groups excluding carboxylic acids is 1. The Hall–Kier alpha value is -1.46. The van der Waals surface area contributed by atoms with E-state index >= 15 is 0 Å². The Kier molecular flexibility index (Phi) is 4.19. The topological polar surface area (TPSA) is 62.7 Å². The van der Waals surface area contributed by atoms with E-state index < -0.39 is 0 Å². The van der Waals surface area contributed by atoms with E-state index in [4.69, 9.17) is 4.74 Å². The number of aliphatic hydroxyl groups excluding tert-OH is 1. The summed E-state index contributed by atoms with van der Waals surface area (Å²) >= 11 is 0. The fourth-order valence-corrected chi connectivity index (χ4v) is 3.80. The maximum Gasteiger partial charge on any atom is 0.255 e. The predicted molar refractivity (Wildman–Crippen MR) is 82.6 cm³/mol. The van der Waals surface area contributed by atoms with Crippen LogP contribution in [-0.4, -0.2) is 52.8 Å². The van der Waals surface area contributed by atoms with Crippen LogP contribution in [0.1, 0.15) is 42.1 Å². The highest BCUT2D eigenvalue weighted by Crippen LogP contribution is 2.51. The standard InChI is InChI=1S/C17H24N2O3/c1-3-22-15-9-14(20)17(15)4-6-19(7-5-17)16(21)13-8-12(2)10-18-11-13/h8,10-11,14-15,20H,3-7,9H2,1-2H3. The number of aryl methyl sites for hydroxylation is 1. The van der Waals surface area contributed by atoms with Crippen molar-refractivity contribution in [3.8, 4) is 0 Å². The third kappa shape index (κ3) is 2.52. The van der Waals surface area contributed by atoms with E-state index in [1.807, 2.05) is 24.8 Å². The fourth-order valence-electron chi connectivity index (χ4n) is 3.80. The van der Waals surface area contributed by atoms with Crippen LogP contribution >= 0.6 is 0 Å². The van der Waals surface area contributed by atoms with Crippen LogP contribution in [-0.2, 0) is 4.74 Å². The van der Waals surface area contributed by atoms with Crippen molar-refractivity contribution in [1.82, 2.24) is 9.88 Å². The molecule has 0 bridgehead atoms. The van der Waals surface area contributed by atoms with Gasteiger partial charge in [0.15, 0.2) is 0 Å². The van der Waals surface area contributed by atoms with Crippen molar-refractivity contribution in [2.45, 2.75) is 45.3 Å². The molecule has 0 radical (unpaired) electrons. The highest BCUT2D eigenvalue weighted by atomic mass is 16.5. The Balaban J connectivity index is 1.65. The lowest BCUT2D eigenvalue weighted by atomic mass is 9.58. The van der Waals surface area contributed by atoms with Crippen LogP contribution < -0.4 is 0 Å². The highest BCUT2D eigenvalue weighted by molar-refractivity contribution is 5.94. The zero-order chi connectivity index (χ0) is 15.7. The Labute approximate surface area is 131 Å². The van der Waals surface area contributed by atoms with E-state index in [-0.39, 0.29) is 23.5 Å². The predicted octanol–water partition coefficient (Wildman–Crippen LogP) is 1.78. The molecule has 1 aromatic rings. The Morgan fingerprint density at radius 1 is 1.45 bits per heavy atom. The minimum absolute atomic E-state index is 0.0350. The molecule has 1 aliphatic carbocycles. The van der Waals surface area contributed by atoms with Crippen molar-refractivity contribution in [3.63, 3.8) is 0 Å². The summed E-state index contributed by atoms with van der Waals surface area (Å²) in [5.74, 6) is 0.0350. The summed E-state index contributed by atoms with van der Waals surface area (Å²) in [5, 5.41) is 10.2. The number of nitrogens with zero attached hydrogens (tertiary/aromatic N) is 2. The first-order chi connectivity index (χ1) is 10.6. The molecular formula is C17H24N2O3. The van der Waals surface area contributed by atoms with Crippen LogP contribution in [0.3, 0.4) is 0 Å². The molecule has 5 heteroatoms. The van der Waals surface area contributed by atoms with Crippen LogP contribution in [0, 0.1) is 12.3 Å². The fraction of sp³-hybridized carbons (Fsp3) is 0.647. The third-order valence-corrected chi connectivity index (χ3v) is 5.21. The van der Waals surface area contributed by atoms with Gasteiger partial charge in [0.05, 0.1) is 17.8 Å². The summed E-state index contributed by atoms with van der Waals surface area (Å²) in [6.07, 6.45) is 5.57. The van der Waals surface area contributed by atoms with Gasteiger partial charge in [-0.1, -0.05) is 0 Å². The van der Waals surface area contributed by atoms with Crippen molar-refractivity contribution >= 4 is 5.91 Å². The van der Waals surface area contributed by atoms with Gasteiger partial charge in [-0.05, 0) is 38.3 Å². The first-order valence-corrected chi connectivity index (χ1v) is 8.07. The molecule has 1 amide bonds. The van der Waals surface area contributed by atoms with Crippen LogP contribution in [0.15, 0.2) is 18.5 Å². The molecule has 1 aliphatic heterocycles. The van der Waals surface area contributed by atoms with Gasteiger partial charge in [0.2, 0.25) is 0 Å². The molecule has 2 fully saturated rings. The second-order valence-corrected chi connectivity index (χ2v) is 6.47. The van der Waals surface area contributed by atoms with E-state index in [0.29, 0.717) is 25.3 Å². The molecule has 2 atom stereocenters. The lowest BCUT2D eigenvalue weighted by Crippen LogP contribution is -2.62. The quantitative estimate of drug-likeness (QED) is 0.924. The van der Waals surface area contributed by atoms with Gasteiger partial charge in [-0.3, -0.25) is 9.78 Å². The van der Waals surface area contributed by atoms with Gasteiger partial charge in [-0.15, -0.1) is 0 Å². The number of aliphatic hydroxyl groups is 1. The first kappa shape index (κ1) is 15.4. The molecule has 3 rings (SSSR count). The number of aromatic nitrogens is 1. The lowest BCUT2D eigenvalue weighted by molar-refractivity contribution is -0.207. The molecule has 1 saturated heterocycles. The summed E-state index contributed by atoms with van der Waals surface area (Å²) in [6.45, 7) is 5.95. The first-order valence-electron chi connectivity index (χ1n) is 8.07. The van der Waals surface area contributed by atoms with Crippen LogP contribution in [0.25, 0.3) is 0 Å². The third-order valence-electron chi connectivity index (χ3n) is 5.21. The van der Waals surface area contributed by atoms with Gasteiger partial charge in [-0.2, -0.15) is 0 Å². The normalized spacial score (nSPS) is 26.8. The summed E-state index contributed by atoms with van der Waals surface area (Å²) in [5.41, 5.74) is 1.49. The number of piperidine rings is 1. The van der Waals surface area contributed by atoms with Gasteiger partial charge >= 0.3 is 0 Å². The van der Waals surface area contributed by atoms with Crippen LogP contribution in [0.2, 0.25) is 0 Å². The number of carbonyl (C=O) groups is 1. The molecule has 2 aliphatic rings. The van der Waals surface area contributed by atoms with Gasteiger partial charge in [0.25, 0.3) is 5.91 Å². The minimum Gasteiger partial charge on any atom is -0.392 e. The average Bonchev–Trinajstić information content (AvgIpc) is 2.54. The van der Waals surface area contributed by atoms with Crippen molar-refractivity contribution in [2.24, 2.45) is 5.41 Å². The minimum atomic E-state index is -0.290.